The van der Waals surface area contributed by atoms with Gasteiger partial charge >= 0.3 is 0 Å². The highest BCUT2D eigenvalue weighted by molar-refractivity contribution is 6.42. The van der Waals surface area contributed by atoms with Crippen LogP contribution >= 0.6 is 0 Å². The summed E-state index contributed by atoms with van der Waals surface area (Å²) in [5, 5.41) is 2.54. The van der Waals surface area contributed by atoms with Gasteiger partial charge < -0.3 is 0 Å². The first-order valence-electron chi connectivity index (χ1n) is 5.35. The third kappa shape index (κ3) is 0.878. The highest BCUT2D eigenvalue weighted by atomic mass is 14.8. The molecule has 1 radical (unpaired) electrons. The molecule has 2 aliphatic rings. The fraction of sp³-hybridized carbons (Fsp3) is 0. The molecule has 0 saturated heterocycles. The number of aliphatic imine (C=N–C) groups is 1. The molecule has 1 heterocycles. The smallest absolute Gasteiger partial charge is 0.0729 e. The fourth-order valence-corrected chi connectivity index (χ4v) is 2.41. The maximum atomic E-state index is 4.62. The fourth-order valence-electron chi connectivity index (χ4n) is 2.41. The van der Waals surface area contributed by atoms with Gasteiger partial charge in [-0.1, -0.05) is 36.4 Å². The second kappa shape index (κ2) is 2.70. The summed E-state index contributed by atoms with van der Waals surface area (Å²) in [7, 11) is 0. The first-order chi connectivity index (χ1) is 7.93. The van der Waals surface area contributed by atoms with Crippen molar-refractivity contribution in [3.8, 4) is 0 Å². The Hall–Kier alpha value is -2.15. The first-order valence-corrected chi connectivity index (χ1v) is 5.35. The molecule has 0 saturated carbocycles. The van der Waals surface area contributed by atoms with Crippen LogP contribution < -0.4 is 10.4 Å². The van der Waals surface area contributed by atoms with E-state index >= 15 is 0 Å². The second-order valence-corrected chi connectivity index (χ2v) is 4.03. The van der Waals surface area contributed by atoms with E-state index in [1.807, 2.05) is 18.2 Å². The minimum Gasteiger partial charge on any atom is -0.248 e. The summed E-state index contributed by atoms with van der Waals surface area (Å²) in [6, 6.07) is 17.7. The molecule has 2 aromatic rings. The van der Waals surface area contributed by atoms with Crippen LogP contribution in [0.5, 0.6) is 0 Å². The number of nitrogens with zero attached hydrogens (tertiary/aromatic N) is 1. The quantitative estimate of drug-likeness (QED) is 0.615. The summed E-state index contributed by atoms with van der Waals surface area (Å²) in [5.41, 5.74) is 4.50. The van der Waals surface area contributed by atoms with Crippen LogP contribution in [-0.4, -0.2) is 5.71 Å². The van der Waals surface area contributed by atoms with Crippen molar-refractivity contribution in [3.63, 3.8) is 0 Å². The third-order valence-electron chi connectivity index (χ3n) is 3.10. The molecule has 1 aliphatic carbocycles. The summed E-state index contributed by atoms with van der Waals surface area (Å²) in [4.78, 5) is 4.62. The molecule has 73 valence electrons. The van der Waals surface area contributed by atoms with Crippen molar-refractivity contribution in [3.05, 3.63) is 64.5 Å². The molecule has 1 nitrogen and oxygen atoms in total. The molecule has 0 aromatic heterocycles. The molecule has 0 unspecified atom stereocenters. The topological polar surface area (TPSA) is 12.4 Å². The molecule has 1 heteroatoms. The van der Waals surface area contributed by atoms with Gasteiger partial charge in [-0.05, 0) is 28.6 Å². The minimum atomic E-state index is 1.04. The highest BCUT2D eigenvalue weighted by Crippen LogP contribution is 2.33. The zero-order valence-electron chi connectivity index (χ0n) is 8.57. The van der Waals surface area contributed by atoms with Crippen LogP contribution in [0.3, 0.4) is 0 Å². The molecule has 0 spiro atoms. The molecule has 0 fully saturated rings. The van der Waals surface area contributed by atoms with Gasteiger partial charge in [0.1, 0.15) is 0 Å². The number of hydrogen-bond acceptors (Lipinski definition) is 1. The average molecular weight is 202 g/mol. The van der Waals surface area contributed by atoms with Crippen molar-refractivity contribution < 1.29 is 0 Å². The largest absolute Gasteiger partial charge is 0.248 e. The average Bonchev–Trinajstić information content (AvgIpc) is 2.83. The molecule has 4 rings (SSSR count). The lowest BCUT2D eigenvalue weighted by Crippen LogP contribution is -2.22. The van der Waals surface area contributed by atoms with Crippen LogP contribution in [0.2, 0.25) is 0 Å². The lowest BCUT2D eigenvalue weighted by atomic mass is 10.0. The minimum absolute atomic E-state index is 1.04. The van der Waals surface area contributed by atoms with E-state index in [0.29, 0.717) is 0 Å². The monoisotopic (exact) mass is 202 g/mol. The highest BCUT2D eigenvalue weighted by Gasteiger charge is 2.22. The van der Waals surface area contributed by atoms with Crippen LogP contribution in [0.4, 0.5) is 5.69 Å². The lowest BCUT2D eigenvalue weighted by molar-refractivity contribution is 1.49. The molecule has 16 heavy (non-hydrogen) atoms. The molecule has 0 bridgehead atoms. The van der Waals surface area contributed by atoms with Gasteiger partial charge in [0.05, 0.1) is 11.4 Å². The Kier molecular flexibility index (Phi) is 1.36. The molecule has 2 aromatic carbocycles. The maximum Gasteiger partial charge on any atom is 0.0729 e. The van der Waals surface area contributed by atoms with Crippen LogP contribution in [0.1, 0.15) is 5.56 Å². The zero-order valence-corrected chi connectivity index (χ0v) is 8.57. The summed E-state index contributed by atoms with van der Waals surface area (Å²) >= 11 is 0. The van der Waals surface area contributed by atoms with E-state index in [1.165, 1.54) is 16.0 Å². The summed E-state index contributed by atoms with van der Waals surface area (Å²) in [6.45, 7) is 0. The van der Waals surface area contributed by atoms with Crippen LogP contribution in [0.25, 0.3) is 11.6 Å². The Balaban J connectivity index is 2.22. The molecular weight excluding hydrogens is 194 g/mol. The predicted molar refractivity (Wildman–Crippen MR) is 65.0 cm³/mol. The van der Waals surface area contributed by atoms with Gasteiger partial charge in [-0.2, -0.15) is 0 Å². The van der Waals surface area contributed by atoms with E-state index in [2.05, 4.69) is 41.4 Å². The van der Waals surface area contributed by atoms with Crippen molar-refractivity contribution in [1.82, 2.24) is 0 Å². The number of fused-ring (bicyclic) bond motifs is 4. The SMILES string of the molecule is [c]1cccc2c1C1=c3ccccc3=CC1=N2. The van der Waals surface area contributed by atoms with Crippen molar-refractivity contribution in [2.75, 3.05) is 0 Å². The maximum absolute atomic E-state index is 4.62. The van der Waals surface area contributed by atoms with Crippen molar-refractivity contribution in [1.29, 1.82) is 0 Å². The summed E-state index contributed by atoms with van der Waals surface area (Å²) < 4.78 is 0. The normalized spacial score (nSPS) is 15.0. The van der Waals surface area contributed by atoms with Crippen molar-refractivity contribution in [2.24, 2.45) is 4.99 Å². The van der Waals surface area contributed by atoms with Crippen LogP contribution in [-0.2, 0) is 0 Å². The van der Waals surface area contributed by atoms with Gasteiger partial charge in [-0.3, -0.25) is 0 Å². The Morgan fingerprint density at radius 1 is 1.00 bits per heavy atom. The van der Waals surface area contributed by atoms with Gasteiger partial charge in [-0.25, -0.2) is 4.99 Å². The second-order valence-electron chi connectivity index (χ2n) is 4.03. The zero-order chi connectivity index (χ0) is 10.5. The Morgan fingerprint density at radius 2 is 1.94 bits per heavy atom. The molecule has 0 atom stereocenters. The van der Waals surface area contributed by atoms with Gasteiger partial charge in [0.15, 0.2) is 0 Å². The van der Waals surface area contributed by atoms with Gasteiger partial charge in [0.2, 0.25) is 0 Å². The summed E-state index contributed by atoms with van der Waals surface area (Å²) in [6.07, 6.45) is 2.15. The Labute approximate surface area is 93.1 Å². The first kappa shape index (κ1) is 8.05. The van der Waals surface area contributed by atoms with E-state index in [0.717, 1.165) is 17.0 Å². The number of benzene rings is 2. The van der Waals surface area contributed by atoms with Gasteiger partial charge in [0, 0.05) is 11.1 Å². The standard InChI is InChI=1S/C15H8N/c1-2-6-11-10(5-1)9-14-15(11)12-7-3-4-8-13(12)16-14/h1-6,8-9H. The van der Waals surface area contributed by atoms with E-state index < -0.39 is 0 Å². The third-order valence-corrected chi connectivity index (χ3v) is 3.10. The molecule has 1 aliphatic heterocycles. The molecular formula is C15H8N. The van der Waals surface area contributed by atoms with Gasteiger partial charge in [0.25, 0.3) is 0 Å². The van der Waals surface area contributed by atoms with Gasteiger partial charge in [-0.15, -0.1) is 0 Å². The van der Waals surface area contributed by atoms with Crippen molar-refractivity contribution >= 4 is 23.0 Å². The van der Waals surface area contributed by atoms with E-state index in [1.54, 1.807) is 0 Å². The number of hydrogen-bond donors (Lipinski definition) is 0. The lowest BCUT2D eigenvalue weighted by Gasteiger charge is -1.97. The Morgan fingerprint density at radius 3 is 2.94 bits per heavy atom. The van der Waals surface area contributed by atoms with Crippen LogP contribution in [0, 0.1) is 6.07 Å². The van der Waals surface area contributed by atoms with Crippen molar-refractivity contribution in [2.45, 2.75) is 0 Å². The van der Waals surface area contributed by atoms with E-state index in [9.17, 15) is 0 Å². The van der Waals surface area contributed by atoms with E-state index in [-0.39, 0.29) is 0 Å². The van der Waals surface area contributed by atoms with Crippen LogP contribution in [0.15, 0.2) is 47.5 Å². The molecule has 0 amide bonds. The van der Waals surface area contributed by atoms with E-state index in [4.69, 9.17) is 0 Å². The number of rotatable bonds is 0. The summed E-state index contributed by atoms with van der Waals surface area (Å²) in [5.74, 6) is 0. The molecule has 0 N–H and O–H groups in total. The Bertz CT molecular complexity index is 751. The predicted octanol–water partition coefficient (Wildman–Crippen LogP) is 1.57.